The molecule has 1 amide bonds. The smallest absolute Gasteiger partial charge is 0.262 e. The van der Waals surface area contributed by atoms with Gasteiger partial charge in [0.25, 0.3) is 5.91 Å². The number of ether oxygens (including phenoxy) is 2. The molecule has 3 aliphatic rings. The highest BCUT2D eigenvalue weighted by Crippen LogP contribution is 2.43. The van der Waals surface area contributed by atoms with Gasteiger partial charge in [-0.1, -0.05) is 74.4 Å². The van der Waals surface area contributed by atoms with E-state index in [1.54, 1.807) is 12.1 Å². The number of nitrogens with one attached hydrogen (secondary N) is 3. The van der Waals surface area contributed by atoms with Crippen molar-refractivity contribution in [2.45, 2.75) is 83.1 Å². The van der Waals surface area contributed by atoms with E-state index in [2.05, 4.69) is 65.2 Å². The number of hydrogen-bond donors (Lipinski definition) is 5. The molecule has 0 bridgehead atoms. The molecule has 10 nitrogen and oxygen atoms in total. The maximum absolute atomic E-state index is 11.4. The van der Waals surface area contributed by atoms with Crippen molar-refractivity contribution in [1.82, 2.24) is 15.5 Å². The third-order valence-corrected chi connectivity index (χ3v) is 10.8. The molecule has 3 aromatic carbocycles. The number of rotatable bonds is 15. The number of likely N-dealkylation sites (N-methyl/N-ethyl adjacent to an activating group) is 1. The molecule has 2 fully saturated rings. The molecule has 53 heavy (non-hydrogen) atoms. The number of aromatic hydroxyl groups is 2. The molecule has 3 aromatic rings. The Labute approximate surface area is 316 Å². The van der Waals surface area contributed by atoms with Gasteiger partial charge in [0.05, 0.1) is 6.61 Å². The Morgan fingerprint density at radius 2 is 1.70 bits per heavy atom. The molecule has 1 saturated carbocycles. The first-order valence-electron chi connectivity index (χ1n) is 19.5. The van der Waals surface area contributed by atoms with Crippen LogP contribution >= 0.6 is 0 Å². The number of amides is 1. The molecule has 1 saturated heterocycles. The second-order valence-electron chi connectivity index (χ2n) is 14.3. The lowest BCUT2D eigenvalue weighted by atomic mass is 9.68. The number of piperidine rings is 1. The Hall–Kier alpha value is -3.96. The standard InChI is InChI=1S/C20H31N3O3.C17H19NO.C6H12O2/c1-14(15-5-3-4-6-15)23(2)12-11-21-10-9-16-7-8-17(24)19-20(16)26-13-18(25)22-19;19-16-9-5-4-8-15(16)17(10-12-18-13-11-17)14-6-2-1-3-7-14;1-2-5-8-6-3-4-7/h7-8,14-15,21,24H,3-6,9-13H2,1-2H3,(H,22,25);1-9,18-19H,10-13H2;4H,2-3,5-6H2,1H3. The number of anilines is 1. The van der Waals surface area contributed by atoms with Gasteiger partial charge in [0.15, 0.2) is 12.4 Å². The molecule has 10 heteroatoms. The average molecular weight is 731 g/mol. The van der Waals surface area contributed by atoms with Crippen LogP contribution in [0.5, 0.6) is 17.2 Å². The van der Waals surface area contributed by atoms with E-state index in [1.807, 2.05) is 31.2 Å². The summed E-state index contributed by atoms with van der Waals surface area (Å²) in [6, 6.07) is 22.5. The van der Waals surface area contributed by atoms with Crippen LogP contribution in [0.15, 0.2) is 66.7 Å². The zero-order valence-electron chi connectivity index (χ0n) is 32.1. The maximum atomic E-state index is 11.4. The van der Waals surface area contributed by atoms with Gasteiger partial charge in [-0.15, -0.1) is 0 Å². The minimum atomic E-state index is -0.234. The second kappa shape index (κ2) is 22.3. The summed E-state index contributed by atoms with van der Waals surface area (Å²) in [4.78, 5) is 23.6. The summed E-state index contributed by atoms with van der Waals surface area (Å²) < 4.78 is 10.5. The molecule has 6 rings (SSSR count). The van der Waals surface area contributed by atoms with Crippen molar-refractivity contribution in [1.29, 1.82) is 0 Å². The molecule has 0 radical (unpaired) electrons. The summed E-state index contributed by atoms with van der Waals surface area (Å²) in [7, 11) is 2.22. The van der Waals surface area contributed by atoms with Crippen molar-refractivity contribution in [3.05, 3.63) is 83.4 Å². The Morgan fingerprint density at radius 3 is 2.40 bits per heavy atom. The van der Waals surface area contributed by atoms with Crippen LogP contribution in [0.4, 0.5) is 5.69 Å². The van der Waals surface area contributed by atoms with E-state index in [0.29, 0.717) is 36.3 Å². The van der Waals surface area contributed by atoms with E-state index in [4.69, 9.17) is 9.47 Å². The normalized spacial score (nSPS) is 16.9. The fourth-order valence-electron chi connectivity index (χ4n) is 7.60. The van der Waals surface area contributed by atoms with Crippen LogP contribution in [0.25, 0.3) is 0 Å². The average Bonchev–Trinajstić information content (AvgIpc) is 3.74. The summed E-state index contributed by atoms with van der Waals surface area (Å²) in [5, 5.41) is 29.8. The van der Waals surface area contributed by atoms with Gasteiger partial charge in [0.1, 0.15) is 23.5 Å². The number of aldehydes is 1. The van der Waals surface area contributed by atoms with E-state index >= 15 is 0 Å². The molecule has 1 aliphatic carbocycles. The number of hydrogen-bond acceptors (Lipinski definition) is 9. The van der Waals surface area contributed by atoms with E-state index in [0.717, 1.165) is 88.3 Å². The third-order valence-electron chi connectivity index (χ3n) is 10.8. The van der Waals surface area contributed by atoms with Crippen molar-refractivity contribution >= 4 is 17.9 Å². The highest BCUT2D eigenvalue weighted by Gasteiger charge is 2.37. The fraction of sp³-hybridized carbons (Fsp3) is 0.535. The number of nitrogens with zero attached hydrogens (tertiary/aromatic N) is 1. The predicted octanol–water partition coefficient (Wildman–Crippen LogP) is 6.43. The highest BCUT2D eigenvalue weighted by atomic mass is 16.5. The van der Waals surface area contributed by atoms with E-state index in [-0.39, 0.29) is 23.7 Å². The summed E-state index contributed by atoms with van der Waals surface area (Å²) >= 11 is 0. The van der Waals surface area contributed by atoms with Crippen LogP contribution in [-0.2, 0) is 26.2 Å². The van der Waals surface area contributed by atoms with Crippen molar-refractivity contribution in [3.8, 4) is 17.2 Å². The number of fused-ring (bicyclic) bond motifs is 1. The molecule has 0 spiro atoms. The molecule has 5 N–H and O–H groups in total. The predicted molar refractivity (Wildman–Crippen MR) is 212 cm³/mol. The highest BCUT2D eigenvalue weighted by molar-refractivity contribution is 5.97. The quantitative estimate of drug-likeness (QED) is 0.0682. The van der Waals surface area contributed by atoms with E-state index < -0.39 is 0 Å². The van der Waals surface area contributed by atoms with E-state index in [1.165, 1.54) is 31.2 Å². The second-order valence-corrected chi connectivity index (χ2v) is 14.3. The number of phenols is 2. The first-order valence-corrected chi connectivity index (χ1v) is 19.5. The van der Waals surface area contributed by atoms with Gasteiger partial charge in [0.2, 0.25) is 0 Å². The Morgan fingerprint density at radius 1 is 0.981 bits per heavy atom. The minimum absolute atomic E-state index is 0.000726. The molecular formula is C43H62N4O6. The van der Waals surface area contributed by atoms with Gasteiger partial charge < -0.3 is 45.3 Å². The van der Waals surface area contributed by atoms with E-state index in [9.17, 15) is 19.8 Å². The summed E-state index contributed by atoms with van der Waals surface area (Å²) in [5.74, 6) is 1.68. The Kier molecular flexibility index (Phi) is 17.6. The van der Waals surface area contributed by atoms with Crippen molar-refractivity contribution in [2.24, 2.45) is 5.92 Å². The molecule has 1 atom stereocenters. The van der Waals surface area contributed by atoms with Crippen molar-refractivity contribution in [2.75, 3.05) is 64.9 Å². The first-order chi connectivity index (χ1) is 25.8. The topological polar surface area (TPSA) is 132 Å². The number of para-hydroxylation sites is 1. The number of benzene rings is 3. The lowest BCUT2D eigenvalue weighted by molar-refractivity contribution is -0.118. The van der Waals surface area contributed by atoms with Crippen LogP contribution < -0.4 is 20.7 Å². The fourth-order valence-corrected chi connectivity index (χ4v) is 7.60. The zero-order chi connectivity index (χ0) is 37.9. The van der Waals surface area contributed by atoms with Crippen LogP contribution in [0.2, 0.25) is 0 Å². The maximum Gasteiger partial charge on any atom is 0.262 e. The minimum Gasteiger partial charge on any atom is -0.508 e. The number of carbonyl (C=O) groups excluding carboxylic acids is 2. The van der Waals surface area contributed by atoms with Gasteiger partial charge in [0, 0.05) is 43.1 Å². The monoisotopic (exact) mass is 730 g/mol. The van der Waals surface area contributed by atoms with Crippen LogP contribution in [-0.4, -0.2) is 92.9 Å². The zero-order valence-corrected chi connectivity index (χ0v) is 32.1. The SMILES string of the molecule is CC(C1CCCC1)N(C)CCNCCc1ccc(O)c2c1OCC(=O)N2.CCCOCCC=O.Oc1ccccc1C1(c2ccccc2)CCNCC1. The third kappa shape index (κ3) is 12.3. The van der Waals surface area contributed by atoms with Crippen LogP contribution in [0.3, 0.4) is 0 Å². The molecule has 2 heterocycles. The van der Waals surface area contributed by atoms with Crippen LogP contribution in [0, 0.1) is 5.92 Å². The Balaban J connectivity index is 0.000000203. The molecule has 0 aromatic heterocycles. The first kappa shape index (κ1) is 41.8. The van der Waals surface area contributed by atoms with Gasteiger partial charge in [-0.25, -0.2) is 0 Å². The molecular weight excluding hydrogens is 668 g/mol. The largest absolute Gasteiger partial charge is 0.508 e. The van der Waals surface area contributed by atoms with Gasteiger partial charge in [-0.05, 0) is 101 Å². The summed E-state index contributed by atoms with van der Waals surface area (Å²) in [5.41, 5.74) is 3.69. The van der Waals surface area contributed by atoms with Crippen molar-refractivity contribution < 1.29 is 29.3 Å². The molecule has 2 aliphatic heterocycles. The summed E-state index contributed by atoms with van der Waals surface area (Å²) in [6.07, 6.45) is 10.8. The Bertz CT molecular complexity index is 1520. The van der Waals surface area contributed by atoms with Crippen LogP contribution in [0.1, 0.15) is 81.9 Å². The number of phenolic OH excluding ortho intramolecular Hbond substituents is 2. The summed E-state index contributed by atoms with van der Waals surface area (Å²) in [6.45, 7) is 10.5. The van der Waals surface area contributed by atoms with Crippen molar-refractivity contribution in [3.63, 3.8) is 0 Å². The lowest BCUT2D eigenvalue weighted by Crippen LogP contribution is -2.40. The van der Waals surface area contributed by atoms with Gasteiger partial charge in [-0.3, -0.25) is 4.79 Å². The molecule has 290 valence electrons. The van der Waals surface area contributed by atoms with Gasteiger partial charge >= 0.3 is 0 Å². The molecule has 1 unspecified atom stereocenters. The lowest BCUT2D eigenvalue weighted by Gasteiger charge is -2.39. The van der Waals surface area contributed by atoms with Gasteiger partial charge in [-0.2, -0.15) is 0 Å². The number of carbonyl (C=O) groups is 2.